The van der Waals surface area contributed by atoms with E-state index in [2.05, 4.69) is 26.2 Å². The molecule has 4 rings (SSSR count). The highest BCUT2D eigenvalue weighted by Crippen LogP contribution is 2.20. The van der Waals surface area contributed by atoms with Crippen molar-refractivity contribution in [3.63, 3.8) is 0 Å². The lowest BCUT2D eigenvalue weighted by molar-refractivity contribution is 0.102. The zero-order valence-corrected chi connectivity index (χ0v) is 14.8. The number of fused-ring (bicyclic) bond motifs is 1. The number of nitrogens with one attached hydrogen (secondary N) is 1. The predicted octanol–water partition coefficient (Wildman–Crippen LogP) is 5.04. The molecule has 0 unspecified atom stereocenters. The maximum absolute atomic E-state index is 12.5. The Balaban J connectivity index is 1.63. The molecule has 0 radical (unpaired) electrons. The van der Waals surface area contributed by atoms with E-state index >= 15 is 0 Å². The van der Waals surface area contributed by atoms with Gasteiger partial charge >= 0.3 is 0 Å². The van der Waals surface area contributed by atoms with E-state index in [0.717, 1.165) is 26.9 Å². The van der Waals surface area contributed by atoms with Crippen molar-refractivity contribution in [3.05, 3.63) is 89.2 Å². The summed E-state index contributed by atoms with van der Waals surface area (Å²) in [6.45, 7) is 0. The van der Waals surface area contributed by atoms with Gasteiger partial charge in [-0.25, -0.2) is 4.98 Å². The molecule has 122 valence electrons. The minimum absolute atomic E-state index is 0.154. The largest absolute Gasteiger partial charge is 0.322 e. The van der Waals surface area contributed by atoms with Gasteiger partial charge in [0.05, 0.1) is 11.0 Å². The van der Waals surface area contributed by atoms with Crippen molar-refractivity contribution in [2.45, 2.75) is 0 Å². The molecule has 0 aliphatic carbocycles. The minimum Gasteiger partial charge on any atom is -0.322 e. The van der Waals surface area contributed by atoms with Crippen LogP contribution in [-0.2, 0) is 0 Å². The number of para-hydroxylation sites is 1. The number of carbonyl (C=O) groups excluding carboxylic acids is 1. The molecule has 3 aromatic carbocycles. The van der Waals surface area contributed by atoms with Gasteiger partial charge in [-0.1, -0.05) is 34.1 Å². The molecule has 0 spiro atoms. The average molecular weight is 392 g/mol. The van der Waals surface area contributed by atoms with Crippen molar-refractivity contribution in [1.29, 1.82) is 0 Å². The van der Waals surface area contributed by atoms with Crippen LogP contribution >= 0.6 is 15.9 Å². The number of amides is 1. The molecular formula is C20H14BrN3O. The molecule has 1 amide bonds. The van der Waals surface area contributed by atoms with Gasteiger partial charge in [-0.2, -0.15) is 0 Å². The zero-order valence-electron chi connectivity index (χ0n) is 13.2. The van der Waals surface area contributed by atoms with E-state index in [-0.39, 0.29) is 5.91 Å². The smallest absolute Gasteiger partial charge is 0.255 e. The van der Waals surface area contributed by atoms with E-state index in [9.17, 15) is 4.79 Å². The monoisotopic (exact) mass is 391 g/mol. The van der Waals surface area contributed by atoms with Gasteiger partial charge in [-0.15, -0.1) is 0 Å². The van der Waals surface area contributed by atoms with Gasteiger partial charge in [0, 0.05) is 21.4 Å². The van der Waals surface area contributed by atoms with Crippen LogP contribution < -0.4 is 5.32 Å². The minimum atomic E-state index is -0.154. The number of benzene rings is 3. The molecule has 0 bridgehead atoms. The average Bonchev–Trinajstić information content (AvgIpc) is 3.07. The fourth-order valence-corrected chi connectivity index (χ4v) is 2.95. The van der Waals surface area contributed by atoms with Crippen molar-refractivity contribution in [2.24, 2.45) is 0 Å². The fraction of sp³-hybridized carbons (Fsp3) is 0. The molecular weight excluding hydrogens is 378 g/mol. The second kappa shape index (κ2) is 6.53. The first-order valence-corrected chi connectivity index (χ1v) is 8.59. The highest BCUT2D eigenvalue weighted by Gasteiger charge is 2.10. The summed E-state index contributed by atoms with van der Waals surface area (Å²) in [6, 6.07) is 23.0. The third-order valence-corrected chi connectivity index (χ3v) is 4.47. The van der Waals surface area contributed by atoms with Crippen molar-refractivity contribution < 1.29 is 4.79 Å². The van der Waals surface area contributed by atoms with Crippen LogP contribution in [0.15, 0.2) is 83.6 Å². The lowest BCUT2D eigenvalue weighted by Gasteiger charge is -2.07. The van der Waals surface area contributed by atoms with Crippen LogP contribution in [0.1, 0.15) is 10.4 Å². The summed E-state index contributed by atoms with van der Waals surface area (Å²) in [4.78, 5) is 16.9. The topological polar surface area (TPSA) is 46.9 Å². The van der Waals surface area contributed by atoms with Gasteiger partial charge in [0.15, 0.2) is 0 Å². The first kappa shape index (κ1) is 15.6. The number of imidazole rings is 1. The number of hydrogen-bond donors (Lipinski definition) is 1. The van der Waals surface area contributed by atoms with E-state index < -0.39 is 0 Å². The molecule has 5 heteroatoms. The summed E-state index contributed by atoms with van der Waals surface area (Å²) >= 11 is 3.38. The van der Waals surface area contributed by atoms with Crippen LogP contribution in [0.4, 0.5) is 5.69 Å². The molecule has 0 saturated heterocycles. The van der Waals surface area contributed by atoms with Gasteiger partial charge in [-0.3, -0.25) is 9.36 Å². The highest BCUT2D eigenvalue weighted by atomic mass is 79.9. The zero-order chi connectivity index (χ0) is 17.2. The molecule has 1 N–H and O–H groups in total. The van der Waals surface area contributed by atoms with Gasteiger partial charge < -0.3 is 5.32 Å². The van der Waals surface area contributed by atoms with Gasteiger partial charge in [0.2, 0.25) is 0 Å². The summed E-state index contributed by atoms with van der Waals surface area (Å²) < 4.78 is 2.98. The van der Waals surface area contributed by atoms with Crippen molar-refractivity contribution in [1.82, 2.24) is 9.55 Å². The van der Waals surface area contributed by atoms with Crippen molar-refractivity contribution >= 4 is 38.6 Å². The van der Waals surface area contributed by atoms with Crippen molar-refractivity contribution in [2.75, 3.05) is 5.32 Å². The van der Waals surface area contributed by atoms with E-state index in [1.807, 2.05) is 77.4 Å². The van der Waals surface area contributed by atoms with Crippen LogP contribution in [0.5, 0.6) is 0 Å². The highest BCUT2D eigenvalue weighted by molar-refractivity contribution is 9.10. The molecule has 4 nitrogen and oxygen atoms in total. The number of nitrogens with zero attached hydrogens (tertiary/aromatic N) is 2. The SMILES string of the molecule is O=C(Nc1ccc(Br)cc1)c1ccc2c(c1)ncn2-c1ccccc1. The number of anilines is 1. The Morgan fingerprint density at radius 3 is 2.48 bits per heavy atom. The number of hydrogen-bond acceptors (Lipinski definition) is 2. The Morgan fingerprint density at radius 1 is 0.960 bits per heavy atom. The molecule has 0 aliphatic rings. The first-order chi connectivity index (χ1) is 12.2. The summed E-state index contributed by atoms with van der Waals surface area (Å²) in [5, 5.41) is 2.89. The standard InChI is InChI=1S/C20H14BrN3O/c21-15-7-9-16(10-8-15)23-20(25)14-6-11-19-18(12-14)22-13-24(19)17-4-2-1-3-5-17/h1-13H,(H,23,25). The van der Waals surface area contributed by atoms with E-state index in [1.54, 1.807) is 6.33 Å². The summed E-state index contributed by atoms with van der Waals surface area (Å²) in [7, 11) is 0. The van der Waals surface area contributed by atoms with Gasteiger partial charge in [0.25, 0.3) is 5.91 Å². The number of aromatic nitrogens is 2. The molecule has 1 aromatic heterocycles. The molecule has 25 heavy (non-hydrogen) atoms. The first-order valence-electron chi connectivity index (χ1n) is 7.80. The predicted molar refractivity (Wildman–Crippen MR) is 103 cm³/mol. The Bertz CT molecular complexity index is 1040. The van der Waals surface area contributed by atoms with Crippen LogP contribution in [0, 0.1) is 0 Å². The lowest BCUT2D eigenvalue weighted by atomic mass is 10.1. The number of halogens is 1. The van der Waals surface area contributed by atoms with Crippen LogP contribution in [-0.4, -0.2) is 15.5 Å². The van der Waals surface area contributed by atoms with Crippen LogP contribution in [0.25, 0.3) is 16.7 Å². The fourth-order valence-electron chi connectivity index (χ4n) is 2.68. The number of carbonyl (C=O) groups is 1. The Labute approximate surface area is 153 Å². The Morgan fingerprint density at radius 2 is 1.72 bits per heavy atom. The molecule has 0 saturated carbocycles. The second-order valence-corrected chi connectivity index (χ2v) is 6.53. The maximum atomic E-state index is 12.5. The third kappa shape index (κ3) is 3.19. The van der Waals surface area contributed by atoms with Gasteiger partial charge in [0.1, 0.15) is 6.33 Å². The molecule has 0 atom stereocenters. The number of rotatable bonds is 3. The molecule has 0 fully saturated rings. The van der Waals surface area contributed by atoms with E-state index in [1.165, 1.54) is 0 Å². The summed E-state index contributed by atoms with van der Waals surface area (Å²) in [5.41, 5.74) is 4.12. The second-order valence-electron chi connectivity index (χ2n) is 5.61. The lowest BCUT2D eigenvalue weighted by Crippen LogP contribution is -2.11. The van der Waals surface area contributed by atoms with E-state index in [4.69, 9.17) is 0 Å². The normalized spacial score (nSPS) is 10.8. The Kier molecular flexibility index (Phi) is 4.07. The Hall–Kier alpha value is -2.92. The van der Waals surface area contributed by atoms with Crippen LogP contribution in [0.2, 0.25) is 0 Å². The molecule has 4 aromatic rings. The maximum Gasteiger partial charge on any atom is 0.255 e. The summed E-state index contributed by atoms with van der Waals surface area (Å²) in [6.07, 6.45) is 1.77. The summed E-state index contributed by atoms with van der Waals surface area (Å²) in [5.74, 6) is -0.154. The van der Waals surface area contributed by atoms with Gasteiger partial charge in [-0.05, 0) is 54.6 Å². The molecule has 1 heterocycles. The third-order valence-electron chi connectivity index (χ3n) is 3.95. The van der Waals surface area contributed by atoms with Crippen LogP contribution in [0.3, 0.4) is 0 Å². The van der Waals surface area contributed by atoms with E-state index in [0.29, 0.717) is 5.56 Å². The molecule has 0 aliphatic heterocycles. The quantitative estimate of drug-likeness (QED) is 0.531. The van der Waals surface area contributed by atoms with Crippen molar-refractivity contribution in [3.8, 4) is 5.69 Å².